The van der Waals surface area contributed by atoms with Gasteiger partial charge in [-0.2, -0.15) is 12.8 Å². The zero-order valence-corrected chi connectivity index (χ0v) is 12.5. The first kappa shape index (κ1) is 14.7. The van der Waals surface area contributed by atoms with E-state index >= 15 is 0 Å². The number of aryl methyl sites for hydroxylation is 2. The van der Waals surface area contributed by atoms with Gasteiger partial charge in [0.05, 0.1) is 15.6 Å². The lowest BCUT2D eigenvalue weighted by molar-refractivity contribution is -0.110. The molecule has 0 fully saturated rings. The van der Waals surface area contributed by atoms with Crippen molar-refractivity contribution in [1.82, 2.24) is 0 Å². The highest BCUT2D eigenvalue weighted by Crippen LogP contribution is 2.20. The van der Waals surface area contributed by atoms with Crippen molar-refractivity contribution in [3.05, 3.63) is 52.6 Å². The Morgan fingerprint density at radius 3 is 2.45 bits per heavy atom. The summed E-state index contributed by atoms with van der Waals surface area (Å²) < 4.78 is 28.2. The molecule has 0 atom stereocenters. The zero-order chi connectivity index (χ0) is 14.9. The van der Waals surface area contributed by atoms with E-state index in [-0.39, 0.29) is 21.4 Å². The summed E-state index contributed by atoms with van der Waals surface area (Å²) in [6.45, 7) is 3.59. The zero-order valence-electron chi connectivity index (χ0n) is 10.9. The molecule has 0 N–H and O–H groups in total. The number of hydrogen-bond acceptors (Lipinski definition) is 3. The van der Waals surface area contributed by atoms with Gasteiger partial charge in [0.1, 0.15) is 0 Å². The summed E-state index contributed by atoms with van der Waals surface area (Å²) in [5.74, 6) is -0.366. The van der Waals surface area contributed by atoms with Crippen LogP contribution in [0.3, 0.4) is 0 Å². The number of ketones is 1. The molecule has 0 aromatic heterocycles. The molecule has 0 spiro atoms. The Kier molecular flexibility index (Phi) is 3.92. The third kappa shape index (κ3) is 3.05. The van der Waals surface area contributed by atoms with Crippen LogP contribution in [-0.2, 0) is 14.8 Å². The second kappa shape index (κ2) is 5.34. The Balaban J connectivity index is 2.47. The molecule has 1 aliphatic rings. The van der Waals surface area contributed by atoms with Gasteiger partial charge in [-0.25, -0.2) is 0 Å². The Bertz CT molecular complexity index is 774. The lowest BCUT2D eigenvalue weighted by Crippen LogP contribution is -2.08. The third-order valence-electron chi connectivity index (χ3n) is 2.75. The van der Waals surface area contributed by atoms with E-state index in [9.17, 15) is 13.2 Å². The van der Waals surface area contributed by atoms with E-state index in [1.807, 2.05) is 6.92 Å². The minimum atomic E-state index is -3.83. The maximum Gasteiger partial charge on any atom is 0.283 e. The largest absolute Gasteiger partial charge is 0.288 e. The number of hydrogen-bond donors (Lipinski definition) is 0. The van der Waals surface area contributed by atoms with Gasteiger partial charge in [-0.15, -0.1) is 0 Å². The Morgan fingerprint density at radius 2 is 1.85 bits per heavy atom. The van der Waals surface area contributed by atoms with Gasteiger partial charge < -0.3 is 0 Å². The normalized spacial score (nSPS) is 17.4. The summed E-state index contributed by atoms with van der Waals surface area (Å²) in [6.07, 6.45) is 3.76. The van der Waals surface area contributed by atoms with Crippen LogP contribution in [0.4, 0.5) is 0 Å². The predicted molar refractivity (Wildman–Crippen MR) is 78.6 cm³/mol. The average Bonchev–Trinajstić information content (AvgIpc) is 2.33. The second-order valence-electron chi connectivity index (χ2n) is 4.45. The van der Waals surface area contributed by atoms with Crippen molar-refractivity contribution >= 4 is 33.1 Å². The molecule has 0 saturated heterocycles. The highest BCUT2D eigenvalue weighted by molar-refractivity contribution is 7.90. The van der Waals surface area contributed by atoms with Crippen LogP contribution >= 0.6 is 11.6 Å². The lowest BCUT2D eigenvalue weighted by Gasteiger charge is -2.06. The number of carbonyl (C=O) groups excluding carboxylic acids is 1. The minimum Gasteiger partial charge on any atom is -0.288 e. The van der Waals surface area contributed by atoms with Crippen molar-refractivity contribution in [2.75, 3.05) is 0 Å². The van der Waals surface area contributed by atoms with Crippen molar-refractivity contribution in [3.63, 3.8) is 0 Å². The second-order valence-corrected chi connectivity index (χ2v) is 6.43. The molecular weight excluding hydrogens is 298 g/mol. The number of benzene rings is 1. The van der Waals surface area contributed by atoms with Gasteiger partial charge in [0, 0.05) is 0 Å². The summed E-state index contributed by atoms with van der Waals surface area (Å²) in [4.78, 5) is 11.3. The Hall–Kier alpha value is -1.72. The molecule has 1 aromatic carbocycles. The van der Waals surface area contributed by atoms with Gasteiger partial charge >= 0.3 is 0 Å². The molecule has 1 aliphatic carbocycles. The van der Waals surface area contributed by atoms with Crippen LogP contribution in [0.2, 0.25) is 0 Å². The monoisotopic (exact) mass is 309 g/mol. The van der Waals surface area contributed by atoms with Crippen LogP contribution in [0.25, 0.3) is 0 Å². The van der Waals surface area contributed by atoms with E-state index < -0.39 is 10.0 Å². The first-order valence-corrected chi connectivity index (χ1v) is 7.63. The van der Waals surface area contributed by atoms with Crippen LogP contribution in [0, 0.1) is 13.8 Å². The highest BCUT2D eigenvalue weighted by Gasteiger charge is 2.18. The van der Waals surface area contributed by atoms with Crippen LogP contribution in [-0.4, -0.2) is 19.9 Å². The van der Waals surface area contributed by atoms with Crippen LogP contribution in [0.1, 0.15) is 11.1 Å². The fraction of sp³-hybridized carbons (Fsp3) is 0.143. The molecule has 0 heterocycles. The number of allylic oxidation sites excluding steroid dienone is 4. The average molecular weight is 310 g/mol. The molecular formula is C14H12ClNO3S. The van der Waals surface area contributed by atoms with Gasteiger partial charge in [0.15, 0.2) is 5.78 Å². The quantitative estimate of drug-likeness (QED) is 0.789. The van der Waals surface area contributed by atoms with Crippen molar-refractivity contribution in [1.29, 1.82) is 0 Å². The number of carbonyl (C=O) groups is 1. The van der Waals surface area contributed by atoms with Gasteiger partial charge in [-0.05, 0) is 43.7 Å². The first-order chi connectivity index (χ1) is 9.29. The number of nitrogens with zero attached hydrogens (tertiary/aromatic N) is 1. The van der Waals surface area contributed by atoms with E-state index in [0.717, 1.165) is 5.56 Å². The Morgan fingerprint density at radius 1 is 1.15 bits per heavy atom. The van der Waals surface area contributed by atoms with Crippen molar-refractivity contribution in [3.8, 4) is 0 Å². The van der Waals surface area contributed by atoms with E-state index in [4.69, 9.17) is 11.6 Å². The molecule has 6 heteroatoms. The van der Waals surface area contributed by atoms with E-state index in [1.165, 1.54) is 24.3 Å². The summed E-state index contributed by atoms with van der Waals surface area (Å²) >= 11 is 5.67. The van der Waals surface area contributed by atoms with Gasteiger partial charge in [0.2, 0.25) is 0 Å². The van der Waals surface area contributed by atoms with Crippen molar-refractivity contribution in [2.24, 2.45) is 4.40 Å². The summed E-state index contributed by atoms with van der Waals surface area (Å²) in [5, 5.41) is -0.0536. The molecule has 0 bridgehead atoms. The predicted octanol–water partition coefficient (Wildman–Crippen LogP) is 2.69. The third-order valence-corrected chi connectivity index (χ3v) is 4.51. The topological polar surface area (TPSA) is 63.6 Å². The molecule has 0 saturated carbocycles. The molecule has 0 aliphatic heterocycles. The van der Waals surface area contributed by atoms with Gasteiger partial charge in [-0.3, -0.25) is 4.79 Å². The van der Waals surface area contributed by atoms with Crippen molar-refractivity contribution in [2.45, 2.75) is 18.7 Å². The van der Waals surface area contributed by atoms with E-state index in [2.05, 4.69) is 4.40 Å². The number of sulfonamides is 1. The molecule has 1 aromatic rings. The summed E-state index contributed by atoms with van der Waals surface area (Å²) in [7, 11) is -3.83. The molecule has 0 radical (unpaired) electrons. The van der Waals surface area contributed by atoms with E-state index in [0.29, 0.717) is 5.56 Å². The summed E-state index contributed by atoms with van der Waals surface area (Å²) in [6, 6.07) is 5.01. The maximum atomic E-state index is 12.2. The summed E-state index contributed by atoms with van der Waals surface area (Å²) in [5.41, 5.74) is 1.73. The SMILES string of the molecule is Cc1ccc(S(=O)(=O)/N=C2\C=CC(=O)C(Cl)=C2)c(C)c1. The molecule has 20 heavy (non-hydrogen) atoms. The standard InChI is InChI=1S/C14H12ClNO3S/c1-9-3-6-14(10(2)7-9)20(18,19)16-11-4-5-13(17)12(15)8-11/h3-8H,1-2H3/b16-11+. The fourth-order valence-electron chi connectivity index (χ4n) is 1.82. The van der Waals surface area contributed by atoms with E-state index in [1.54, 1.807) is 19.1 Å². The van der Waals surface area contributed by atoms with Crippen LogP contribution in [0.15, 0.2) is 50.8 Å². The Labute approximate surface area is 122 Å². The van der Waals surface area contributed by atoms with Crippen LogP contribution in [0.5, 0.6) is 0 Å². The number of halogens is 1. The molecule has 4 nitrogen and oxygen atoms in total. The fourth-order valence-corrected chi connectivity index (χ4v) is 3.19. The first-order valence-electron chi connectivity index (χ1n) is 5.81. The minimum absolute atomic E-state index is 0.0536. The molecule has 0 amide bonds. The molecule has 0 unspecified atom stereocenters. The highest BCUT2D eigenvalue weighted by atomic mass is 35.5. The van der Waals surface area contributed by atoms with Crippen molar-refractivity contribution < 1.29 is 13.2 Å². The van der Waals surface area contributed by atoms with Gasteiger partial charge in [-0.1, -0.05) is 29.3 Å². The molecule has 2 rings (SSSR count). The molecule has 104 valence electrons. The smallest absolute Gasteiger partial charge is 0.283 e. The maximum absolute atomic E-state index is 12.2. The van der Waals surface area contributed by atoms with Gasteiger partial charge in [0.25, 0.3) is 10.0 Å². The van der Waals surface area contributed by atoms with Crippen LogP contribution < -0.4 is 0 Å². The number of rotatable bonds is 2. The lowest BCUT2D eigenvalue weighted by atomic mass is 10.2.